The number of carbonyl (C=O) groups is 1. The van der Waals surface area contributed by atoms with Crippen LogP contribution in [0, 0.1) is 3.57 Å². The maximum absolute atomic E-state index is 12.1. The number of nitrogens with zero attached hydrogens (tertiary/aromatic N) is 3. The van der Waals surface area contributed by atoms with Crippen molar-refractivity contribution in [2.24, 2.45) is 0 Å². The normalized spacial score (nSPS) is 17.5. The Balaban J connectivity index is 2.08. The third-order valence-electron chi connectivity index (χ3n) is 2.74. The molecule has 0 bridgehead atoms. The van der Waals surface area contributed by atoms with Crippen LogP contribution in [0.25, 0.3) is 0 Å². The molecule has 0 aromatic carbocycles. The van der Waals surface area contributed by atoms with Crippen LogP contribution in [0.3, 0.4) is 0 Å². The molecule has 0 unspecified atom stereocenters. The highest BCUT2D eigenvalue weighted by atomic mass is 127. The van der Waals surface area contributed by atoms with Crippen LogP contribution in [0.5, 0.6) is 0 Å². The Hall–Kier alpha value is -0.690. The summed E-state index contributed by atoms with van der Waals surface area (Å²) in [7, 11) is 2.08. The smallest absolute Gasteiger partial charge is 0.255 e. The summed E-state index contributed by atoms with van der Waals surface area (Å²) >= 11 is 2.17. The maximum atomic E-state index is 12.1. The van der Waals surface area contributed by atoms with Gasteiger partial charge in [-0.25, -0.2) is 0 Å². The molecule has 0 spiro atoms. The first-order valence-electron chi connectivity index (χ1n) is 5.25. The van der Waals surface area contributed by atoms with Crippen molar-refractivity contribution in [2.45, 2.75) is 0 Å². The molecule has 1 saturated heterocycles. The SMILES string of the molecule is CN1CCN(C(=O)c2cncc(I)c2)CC1. The molecule has 1 amide bonds. The molecule has 0 atom stereocenters. The van der Waals surface area contributed by atoms with Crippen molar-refractivity contribution in [1.82, 2.24) is 14.8 Å². The summed E-state index contributed by atoms with van der Waals surface area (Å²) < 4.78 is 0.998. The zero-order valence-corrected chi connectivity index (χ0v) is 11.3. The molecular formula is C11H14IN3O. The Kier molecular flexibility index (Phi) is 3.75. The lowest BCUT2D eigenvalue weighted by atomic mass is 10.2. The summed E-state index contributed by atoms with van der Waals surface area (Å²) in [6.45, 7) is 3.51. The minimum absolute atomic E-state index is 0.0964. The number of piperazine rings is 1. The monoisotopic (exact) mass is 331 g/mol. The van der Waals surface area contributed by atoms with Gasteiger partial charge in [-0.05, 0) is 35.7 Å². The van der Waals surface area contributed by atoms with Crippen molar-refractivity contribution in [3.8, 4) is 0 Å². The van der Waals surface area contributed by atoms with E-state index in [4.69, 9.17) is 0 Å². The molecular weight excluding hydrogens is 317 g/mol. The van der Waals surface area contributed by atoms with Gasteiger partial charge < -0.3 is 9.80 Å². The van der Waals surface area contributed by atoms with Gasteiger partial charge in [0.25, 0.3) is 5.91 Å². The van der Waals surface area contributed by atoms with E-state index < -0.39 is 0 Å². The molecule has 5 heteroatoms. The van der Waals surface area contributed by atoms with Crippen LogP contribution in [0.15, 0.2) is 18.5 Å². The van der Waals surface area contributed by atoms with Gasteiger partial charge >= 0.3 is 0 Å². The van der Waals surface area contributed by atoms with E-state index in [-0.39, 0.29) is 5.91 Å². The molecule has 1 aliphatic rings. The van der Waals surface area contributed by atoms with Gasteiger partial charge in [-0.3, -0.25) is 9.78 Å². The second-order valence-electron chi connectivity index (χ2n) is 3.99. The predicted molar refractivity (Wildman–Crippen MR) is 70.4 cm³/mol. The van der Waals surface area contributed by atoms with Crippen molar-refractivity contribution in [3.63, 3.8) is 0 Å². The van der Waals surface area contributed by atoms with E-state index in [0.717, 1.165) is 29.7 Å². The standard InChI is InChI=1S/C11H14IN3O/c1-14-2-4-15(5-3-14)11(16)9-6-10(12)8-13-7-9/h6-8H,2-5H2,1H3. The quantitative estimate of drug-likeness (QED) is 0.723. The van der Waals surface area contributed by atoms with Crippen LogP contribution in [0.2, 0.25) is 0 Å². The summed E-state index contributed by atoms with van der Waals surface area (Å²) in [4.78, 5) is 20.3. The number of amides is 1. The lowest BCUT2D eigenvalue weighted by Crippen LogP contribution is -2.47. The second kappa shape index (κ2) is 5.09. The van der Waals surface area contributed by atoms with Gasteiger partial charge in [-0.1, -0.05) is 0 Å². The molecule has 1 aromatic rings. The number of hydrogen-bond donors (Lipinski definition) is 0. The molecule has 1 fully saturated rings. The third kappa shape index (κ3) is 2.70. The average molecular weight is 331 g/mol. The van der Waals surface area contributed by atoms with Crippen molar-refractivity contribution in [3.05, 3.63) is 27.6 Å². The number of pyridine rings is 1. The summed E-state index contributed by atoms with van der Waals surface area (Å²) in [6, 6.07) is 1.88. The van der Waals surface area contributed by atoms with E-state index in [1.165, 1.54) is 0 Å². The van der Waals surface area contributed by atoms with Gasteiger partial charge in [-0.2, -0.15) is 0 Å². The molecule has 0 aliphatic carbocycles. The summed E-state index contributed by atoms with van der Waals surface area (Å²) in [5, 5.41) is 0. The number of halogens is 1. The number of hydrogen-bond acceptors (Lipinski definition) is 3. The number of likely N-dealkylation sites (N-methyl/N-ethyl adjacent to an activating group) is 1. The molecule has 1 aliphatic heterocycles. The third-order valence-corrected chi connectivity index (χ3v) is 3.33. The molecule has 4 nitrogen and oxygen atoms in total. The second-order valence-corrected chi connectivity index (χ2v) is 5.23. The van der Waals surface area contributed by atoms with E-state index in [0.29, 0.717) is 5.56 Å². The van der Waals surface area contributed by atoms with Gasteiger partial charge in [0.05, 0.1) is 5.56 Å². The van der Waals surface area contributed by atoms with Crippen LogP contribution in [0.4, 0.5) is 0 Å². The van der Waals surface area contributed by atoms with Crippen molar-refractivity contribution >= 4 is 28.5 Å². The first-order chi connectivity index (χ1) is 7.66. The largest absolute Gasteiger partial charge is 0.336 e. The summed E-state index contributed by atoms with van der Waals surface area (Å²) in [5.41, 5.74) is 0.691. The highest BCUT2D eigenvalue weighted by Crippen LogP contribution is 2.10. The number of rotatable bonds is 1. The average Bonchev–Trinajstić information content (AvgIpc) is 2.29. The molecule has 0 saturated carbocycles. The predicted octanol–water partition coefficient (Wildman–Crippen LogP) is 1.07. The summed E-state index contributed by atoms with van der Waals surface area (Å²) in [5.74, 6) is 0.0964. The van der Waals surface area contributed by atoms with Gasteiger partial charge in [0, 0.05) is 42.1 Å². The van der Waals surface area contributed by atoms with Crippen LogP contribution < -0.4 is 0 Å². The van der Waals surface area contributed by atoms with Gasteiger partial charge in [0.1, 0.15) is 0 Å². The fraction of sp³-hybridized carbons (Fsp3) is 0.455. The molecule has 0 radical (unpaired) electrons. The van der Waals surface area contributed by atoms with E-state index in [1.54, 1.807) is 12.4 Å². The molecule has 0 N–H and O–H groups in total. The van der Waals surface area contributed by atoms with E-state index in [9.17, 15) is 4.79 Å². The Morgan fingerprint density at radius 2 is 2.00 bits per heavy atom. The first kappa shape index (κ1) is 11.8. The van der Waals surface area contributed by atoms with Crippen LogP contribution in [-0.4, -0.2) is 53.9 Å². The van der Waals surface area contributed by atoms with Crippen LogP contribution >= 0.6 is 22.6 Å². The molecule has 16 heavy (non-hydrogen) atoms. The fourth-order valence-corrected chi connectivity index (χ4v) is 2.22. The Labute approximate surface area is 109 Å². The van der Waals surface area contributed by atoms with Crippen LogP contribution in [-0.2, 0) is 0 Å². The lowest BCUT2D eigenvalue weighted by molar-refractivity contribution is 0.0663. The molecule has 1 aromatic heterocycles. The minimum atomic E-state index is 0.0964. The summed E-state index contributed by atoms with van der Waals surface area (Å²) in [6.07, 6.45) is 3.39. The topological polar surface area (TPSA) is 36.4 Å². The highest BCUT2D eigenvalue weighted by molar-refractivity contribution is 14.1. The Bertz CT molecular complexity index is 389. The molecule has 2 rings (SSSR count). The number of carbonyl (C=O) groups excluding carboxylic acids is 1. The first-order valence-corrected chi connectivity index (χ1v) is 6.33. The zero-order chi connectivity index (χ0) is 11.5. The van der Waals surface area contributed by atoms with Gasteiger partial charge in [-0.15, -0.1) is 0 Å². The fourth-order valence-electron chi connectivity index (χ4n) is 1.72. The highest BCUT2D eigenvalue weighted by Gasteiger charge is 2.20. The van der Waals surface area contributed by atoms with E-state index in [1.807, 2.05) is 11.0 Å². The minimum Gasteiger partial charge on any atom is -0.336 e. The van der Waals surface area contributed by atoms with Crippen molar-refractivity contribution in [2.75, 3.05) is 33.2 Å². The van der Waals surface area contributed by atoms with Crippen molar-refractivity contribution < 1.29 is 4.79 Å². The maximum Gasteiger partial charge on any atom is 0.255 e. The van der Waals surface area contributed by atoms with Gasteiger partial charge in [0.2, 0.25) is 0 Å². The lowest BCUT2D eigenvalue weighted by Gasteiger charge is -2.32. The van der Waals surface area contributed by atoms with Crippen LogP contribution in [0.1, 0.15) is 10.4 Å². The Morgan fingerprint density at radius 1 is 1.31 bits per heavy atom. The Morgan fingerprint density at radius 3 is 2.62 bits per heavy atom. The molecule has 2 heterocycles. The van der Waals surface area contributed by atoms with E-state index >= 15 is 0 Å². The zero-order valence-electron chi connectivity index (χ0n) is 9.19. The van der Waals surface area contributed by atoms with E-state index in [2.05, 4.69) is 39.5 Å². The van der Waals surface area contributed by atoms with Gasteiger partial charge in [0.15, 0.2) is 0 Å². The number of aromatic nitrogens is 1. The molecule has 86 valence electrons. The van der Waals surface area contributed by atoms with Crippen molar-refractivity contribution in [1.29, 1.82) is 0 Å².